The van der Waals surface area contributed by atoms with Crippen LogP contribution in [0.1, 0.15) is 44.6 Å². The molecule has 33 heavy (non-hydrogen) atoms. The molecule has 0 aliphatic heterocycles. The maximum absolute atomic E-state index is 12.3. The molecular formula is C22H29N7O4. The second kappa shape index (κ2) is 8.56. The Hall–Kier alpha value is -3.31. The molecule has 3 N–H and O–H groups in total. The first kappa shape index (κ1) is 22.9. The molecule has 11 nitrogen and oxygen atoms in total. The molecule has 0 amide bonds. The summed E-state index contributed by atoms with van der Waals surface area (Å²) in [4.78, 5) is 21.8. The average molecular weight is 456 g/mol. The molecule has 4 rings (SSSR count). The number of esters is 1. The second-order valence-corrected chi connectivity index (χ2v) is 8.93. The van der Waals surface area contributed by atoms with Crippen molar-refractivity contribution in [3.8, 4) is 0 Å². The topological polar surface area (TPSA) is 140 Å². The molecule has 176 valence electrons. The van der Waals surface area contributed by atoms with Gasteiger partial charge in [-0.15, -0.1) is 0 Å². The third-order valence-corrected chi connectivity index (χ3v) is 5.70. The number of fused-ring (bicyclic) bond motifs is 1. The molecule has 0 bridgehead atoms. The highest BCUT2D eigenvalue weighted by molar-refractivity contribution is 5.89. The summed E-state index contributed by atoms with van der Waals surface area (Å²) in [5, 5.41) is 25.9. The maximum Gasteiger partial charge on any atom is 0.338 e. The van der Waals surface area contributed by atoms with E-state index < -0.39 is 17.2 Å². The molecule has 0 saturated carbocycles. The first-order valence-electron chi connectivity index (χ1n) is 10.7. The van der Waals surface area contributed by atoms with E-state index in [0.29, 0.717) is 47.8 Å². The number of aliphatic hydroxyl groups is 1. The van der Waals surface area contributed by atoms with Gasteiger partial charge < -0.3 is 19.9 Å². The number of carbonyl (C=O) groups is 1. The molecular weight excluding hydrogens is 426 g/mol. The minimum atomic E-state index is -1.00. The quantitative estimate of drug-likeness (QED) is 0.458. The van der Waals surface area contributed by atoms with Crippen molar-refractivity contribution >= 4 is 34.2 Å². The molecule has 1 unspecified atom stereocenters. The minimum absolute atomic E-state index is 0.266. The lowest BCUT2D eigenvalue weighted by Crippen LogP contribution is -2.42. The van der Waals surface area contributed by atoms with Crippen LogP contribution < -0.4 is 5.32 Å². The van der Waals surface area contributed by atoms with Gasteiger partial charge in [0.15, 0.2) is 22.9 Å². The van der Waals surface area contributed by atoms with Crippen molar-refractivity contribution in [2.75, 3.05) is 19.5 Å². The number of H-pyrrole nitrogens is 1. The second-order valence-electron chi connectivity index (χ2n) is 8.93. The number of aromatic nitrogens is 6. The van der Waals surface area contributed by atoms with Crippen LogP contribution in [0.2, 0.25) is 0 Å². The number of allylic oxidation sites excluding steroid dienone is 1. The summed E-state index contributed by atoms with van der Waals surface area (Å²) in [5.41, 5.74) is 0.424. The van der Waals surface area contributed by atoms with Crippen LogP contribution in [0.15, 0.2) is 18.3 Å². The number of ether oxygens (including phenoxy) is 2. The van der Waals surface area contributed by atoms with Gasteiger partial charge in [-0.25, -0.2) is 19.4 Å². The van der Waals surface area contributed by atoms with E-state index in [4.69, 9.17) is 19.4 Å². The molecule has 3 heterocycles. The lowest BCUT2D eigenvalue weighted by Gasteiger charge is -2.32. The molecule has 0 saturated heterocycles. The lowest BCUT2D eigenvalue weighted by atomic mass is 9.85. The van der Waals surface area contributed by atoms with E-state index in [2.05, 4.69) is 20.6 Å². The number of rotatable bonds is 7. The number of carbonyl (C=O) groups excluding carboxylic acids is 1. The standard InChI is InChI=1S/C22H29N7O4/c1-13-10-16(28-27-13)24-18-15-11-23-29(12-21(2,3)31)19(15)26-17(25-18)14-6-8-22(33-5,9-7-14)20(30)32-4/h6,10-11,31H,7-9,12H2,1-5H3,(H2,24,25,26,27,28). The maximum atomic E-state index is 12.3. The molecule has 0 spiro atoms. The Morgan fingerprint density at radius 2 is 2.15 bits per heavy atom. The first-order valence-corrected chi connectivity index (χ1v) is 10.7. The smallest absolute Gasteiger partial charge is 0.338 e. The highest BCUT2D eigenvalue weighted by Crippen LogP contribution is 2.36. The van der Waals surface area contributed by atoms with Crippen LogP contribution in [0.25, 0.3) is 16.6 Å². The number of hydrogen-bond donors (Lipinski definition) is 3. The zero-order valence-corrected chi connectivity index (χ0v) is 19.5. The molecule has 0 radical (unpaired) electrons. The van der Waals surface area contributed by atoms with Crippen molar-refractivity contribution in [2.24, 2.45) is 0 Å². The summed E-state index contributed by atoms with van der Waals surface area (Å²) >= 11 is 0. The van der Waals surface area contributed by atoms with E-state index >= 15 is 0 Å². The van der Waals surface area contributed by atoms with Gasteiger partial charge in [-0.05, 0) is 39.2 Å². The van der Waals surface area contributed by atoms with Crippen LogP contribution in [0.5, 0.6) is 0 Å². The van der Waals surface area contributed by atoms with Crippen LogP contribution >= 0.6 is 0 Å². The average Bonchev–Trinajstić information content (AvgIpc) is 3.38. The fourth-order valence-corrected chi connectivity index (χ4v) is 3.95. The normalized spacial score (nSPS) is 18.9. The molecule has 1 aliphatic carbocycles. The predicted molar refractivity (Wildman–Crippen MR) is 122 cm³/mol. The molecule has 3 aromatic heterocycles. The Morgan fingerprint density at radius 3 is 2.73 bits per heavy atom. The molecule has 11 heteroatoms. The Balaban J connectivity index is 1.77. The van der Waals surface area contributed by atoms with Gasteiger partial charge in [0.05, 0.1) is 30.8 Å². The molecule has 0 fully saturated rings. The number of aryl methyl sites for hydroxylation is 1. The van der Waals surface area contributed by atoms with Crippen molar-refractivity contribution in [2.45, 2.75) is 57.8 Å². The van der Waals surface area contributed by atoms with Crippen molar-refractivity contribution in [1.82, 2.24) is 29.9 Å². The van der Waals surface area contributed by atoms with Crippen LogP contribution in [0.4, 0.5) is 11.6 Å². The fraction of sp³-hybridized carbons (Fsp3) is 0.500. The van der Waals surface area contributed by atoms with Gasteiger partial charge in [0.25, 0.3) is 0 Å². The van der Waals surface area contributed by atoms with Crippen molar-refractivity contribution in [1.29, 1.82) is 0 Å². The van der Waals surface area contributed by atoms with Gasteiger partial charge in [0.1, 0.15) is 5.82 Å². The summed E-state index contributed by atoms with van der Waals surface area (Å²) in [5.74, 6) is 1.30. The molecule has 1 aliphatic rings. The van der Waals surface area contributed by atoms with Crippen LogP contribution in [-0.4, -0.2) is 66.4 Å². The summed E-state index contributed by atoms with van der Waals surface area (Å²) in [6.07, 6.45) is 4.94. The Kier molecular flexibility index (Phi) is 5.93. The van der Waals surface area contributed by atoms with E-state index in [-0.39, 0.29) is 6.54 Å². The van der Waals surface area contributed by atoms with E-state index in [9.17, 15) is 9.90 Å². The number of aromatic amines is 1. The third kappa shape index (κ3) is 4.60. The summed E-state index contributed by atoms with van der Waals surface area (Å²) < 4.78 is 12.1. The van der Waals surface area contributed by atoms with Gasteiger partial charge >= 0.3 is 5.97 Å². The van der Waals surface area contributed by atoms with Gasteiger partial charge in [0.2, 0.25) is 0 Å². The monoisotopic (exact) mass is 455 g/mol. The number of anilines is 2. The highest BCUT2D eigenvalue weighted by Gasteiger charge is 2.41. The van der Waals surface area contributed by atoms with Gasteiger partial charge in [-0.3, -0.25) is 5.10 Å². The predicted octanol–water partition coefficient (Wildman–Crippen LogP) is 2.50. The van der Waals surface area contributed by atoms with E-state index in [1.165, 1.54) is 14.2 Å². The zero-order chi connectivity index (χ0) is 23.8. The number of methoxy groups -OCH3 is 2. The highest BCUT2D eigenvalue weighted by atomic mass is 16.6. The van der Waals surface area contributed by atoms with E-state index in [1.54, 1.807) is 24.7 Å². The Morgan fingerprint density at radius 1 is 1.36 bits per heavy atom. The van der Waals surface area contributed by atoms with Crippen LogP contribution in [0.3, 0.4) is 0 Å². The third-order valence-electron chi connectivity index (χ3n) is 5.70. The fourth-order valence-electron chi connectivity index (χ4n) is 3.95. The van der Waals surface area contributed by atoms with Gasteiger partial charge in [-0.1, -0.05) is 6.08 Å². The lowest BCUT2D eigenvalue weighted by molar-refractivity contribution is -0.166. The van der Waals surface area contributed by atoms with Crippen molar-refractivity contribution in [3.63, 3.8) is 0 Å². The van der Waals surface area contributed by atoms with Crippen LogP contribution in [0, 0.1) is 6.92 Å². The number of nitrogens with zero attached hydrogens (tertiary/aromatic N) is 5. The van der Waals surface area contributed by atoms with E-state index in [0.717, 1.165) is 11.3 Å². The molecule has 0 aromatic carbocycles. The van der Waals surface area contributed by atoms with Crippen molar-refractivity contribution in [3.05, 3.63) is 29.9 Å². The zero-order valence-electron chi connectivity index (χ0n) is 19.5. The molecule has 3 aromatic rings. The number of hydrogen-bond acceptors (Lipinski definition) is 9. The van der Waals surface area contributed by atoms with Gasteiger partial charge in [-0.2, -0.15) is 10.2 Å². The van der Waals surface area contributed by atoms with Crippen LogP contribution in [-0.2, 0) is 20.8 Å². The van der Waals surface area contributed by atoms with Crippen molar-refractivity contribution < 1.29 is 19.4 Å². The minimum Gasteiger partial charge on any atom is -0.467 e. The number of nitrogens with one attached hydrogen (secondary N) is 2. The van der Waals surface area contributed by atoms with E-state index in [1.807, 2.05) is 19.1 Å². The Labute approximate surface area is 191 Å². The summed E-state index contributed by atoms with van der Waals surface area (Å²) in [7, 11) is 2.87. The summed E-state index contributed by atoms with van der Waals surface area (Å²) in [6, 6.07) is 1.87. The van der Waals surface area contributed by atoms with Gasteiger partial charge in [0, 0.05) is 25.3 Å². The first-order chi connectivity index (χ1) is 15.6. The summed E-state index contributed by atoms with van der Waals surface area (Å²) in [6.45, 7) is 5.61. The Bertz CT molecular complexity index is 1210. The SMILES string of the molecule is COC(=O)C1(OC)CC=C(c2nc(Nc3cc(C)[nH]n3)c3cnn(CC(C)(C)O)c3n2)CC1. The molecule has 1 atom stereocenters. The largest absolute Gasteiger partial charge is 0.467 e.